The summed E-state index contributed by atoms with van der Waals surface area (Å²) in [5, 5.41) is 18.4. The number of hydrogen-bond donors (Lipinski definition) is 6. The number of aliphatic hydroxyl groups excluding tert-OH is 1. The standard InChI is InChI=1S/C50H59F10N11O8/c1-47(2,49(55,56)57)39(66-45(75)77-5)41(73)65-37(17-29-10-7-28(8-11-29)9-12-30-21-63-44(64-22-30)70-15-13-69(14-16-70)33-26-79-27-33)38(72)25-71(68-42(74)40(67-46(76)78-6)48(3,4)50(58,59)60)24-34-35(51)18-31(19-36(34)52)32(20-61)23-62-43(53)54/h7-8,10-11,18-23,33,37-40,43,72H,13-17,24-27,61H2,1-6H3,(H,65,73)(H,66,75)(H,67,76)(H,68,74)/t37-,38-,39+,40+/m0/s1. The minimum Gasteiger partial charge on any atom is -0.453 e. The highest BCUT2D eigenvalue weighted by Gasteiger charge is 2.57. The van der Waals surface area contributed by atoms with E-state index in [0.29, 0.717) is 93.6 Å². The van der Waals surface area contributed by atoms with E-state index in [0.717, 1.165) is 40.4 Å². The molecule has 0 radical (unpaired) electrons. The first kappa shape index (κ1) is 62.6. The summed E-state index contributed by atoms with van der Waals surface area (Å²) in [6, 6.07) is 0.694. The molecule has 432 valence electrons. The van der Waals surface area contributed by atoms with E-state index in [-0.39, 0.29) is 5.56 Å². The monoisotopic (exact) mass is 1130 g/mol. The number of carbonyl (C=O) groups excluding carboxylic acids is 4. The molecule has 0 saturated carbocycles. The van der Waals surface area contributed by atoms with Gasteiger partial charge in [-0.25, -0.2) is 38.3 Å². The molecule has 7 N–H and O–H groups in total. The SMILES string of the molecule is COC(=O)N[C@H](C(=O)N[C@@H](Cc1ccc(C#Cc2cnc(N3CCN(C4COC4)CC3)nc2)cc1)[C@@H](O)CN(Cc1c(F)cc(C(C=NC(F)F)=CN)cc1F)NC(=O)[C@@H](NC(=O)OC)C(C)(C)C(F)(F)F)C(C)(C)C(F)(F)F. The largest absolute Gasteiger partial charge is 0.453 e. The number of allylic oxidation sites excluding steroid dienone is 1. The number of amides is 4. The fourth-order valence-electron chi connectivity index (χ4n) is 7.96. The fraction of sp³-hybridized carbons (Fsp3) is 0.500. The Balaban J connectivity index is 1.50. The second kappa shape index (κ2) is 26.6. The average molecular weight is 1130 g/mol. The second-order valence-corrected chi connectivity index (χ2v) is 19.3. The molecular weight excluding hydrogens is 1070 g/mol. The molecule has 1 aromatic heterocycles. The fourth-order valence-corrected chi connectivity index (χ4v) is 7.96. The van der Waals surface area contributed by atoms with Crippen molar-refractivity contribution in [3.05, 3.63) is 94.4 Å². The Morgan fingerprint density at radius 3 is 1.82 bits per heavy atom. The van der Waals surface area contributed by atoms with E-state index in [2.05, 4.69) is 51.4 Å². The molecule has 0 bridgehead atoms. The number of anilines is 1. The lowest BCUT2D eigenvalue weighted by molar-refractivity contribution is -0.221. The first-order valence-electron chi connectivity index (χ1n) is 24.1. The summed E-state index contributed by atoms with van der Waals surface area (Å²) in [4.78, 5) is 68.9. The normalized spacial score (nSPS) is 16.5. The maximum atomic E-state index is 16.0. The van der Waals surface area contributed by atoms with Crippen molar-refractivity contribution in [1.29, 1.82) is 0 Å². The molecule has 2 aromatic carbocycles. The summed E-state index contributed by atoms with van der Waals surface area (Å²) in [5.74, 6) is 0.196. The summed E-state index contributed by atoms with van der Waals surface area (Å²) >= 11 is 0. The second-order valence-electron chi connectivity index (χ2n) is 19.3. The van der Waals surface area contributed by atoms with Crippen LogP contribution in [0.15, 0.2) is 60.0 Å². The predicted molar refractivity (Wildman–Crippen MR) is 264 cm³/mol. The van der Waals surface area contributed by atoms with Crippen LogP contribution in [0.3, 0.4) is 0 Å². The molecule has 29 heteroatoms. The van der Waals surface area contributed by atoms with Crippen molar-refractivity contribution in [2.24, 2.45) is 21.6 Å². The molecule has 2 fully saturated rings. The number of piperazine rings is 1. The number of carbonyl (C=O) groups is 4. The number of hydrazine groups is 1. The number of halogens is 10. The average Bonchev–Trinajstić information content (AvgIpc) is 3.38. The molecule has 0 unspecified atom stereocenters. The third-order valence-electron chi connectivity index (χ3n) is 13.3. The first-order chi connectivity index (χ1) is 37.0. The molecule has 79 heavy (non-hydrogen) atoms. The summed E-state index contributed by atoms with van der Waals surface area (Å²) < 4.78 is 159. The van der Waals surface area contributed by atoms with Crippen LogP contribution in [0.2, 0.25) is 0 Å². The molecule has 4 atom stereocenters. The number of methoxy groups -OCH3 is 2. The highest BCUT2D eigenvalue weighted by atomic mass is 19.4. The molecule has 5 rings (SSSR count). The van der Waals surface area contributed by atoms with Gasteiger partial charge in [0.2, 0.25) is 11.9 Å². The summed E-state index contributed by atoms with van der Waals surface area (Å²) in [6.45, 7) is 1.14. The minimum absolute atomic E-state index is 0.247. The van der Waals surface area contributed by atoms with Crippen LogP contribution in [0.4, 0.5) is 59.4 Å². The Morgan fingerprint density at radius 2 is 1.35 bits per heavy atom. The zero-order valence-corrected chi connectivity index (χ0v) is 43.4. The van der Waals surface area contributed by atoms with Crippen LogP contribution in [0.5, 0.6) is 0 Å². The van der Waals surface area contributed by atoms with Gasteiger partial charge in [-0.05, 0) is 69.5 Å². The van der Waals surface area contributed by atoms with Crippen LogP contribution in [-0.4, -0.2) is 165 Å². The predicted octanol–water partition coefficient (Wildman–Crippen LogP) is 4.82. The number of aliphatic hydroxyl groups is 1. The van der Waals surface area contributed by atoms with Gasteiger partial charge in [0.05, 0.1) is 62.0 Å². The van der Waals surface area contributed by atoms with Crippen LogP contribution >= 0.6 is 0 Å². The molecule has 2 aliphatic rings. The van der Waals surface area contributed by atoms with Crippen molar-refractivity contribution in [2.45, 2.75) is 89.8 Å². The first-order valence-corrected chi connectivity index (χ1v) is 24.1. The molecular formula is C50H59F10N11O8. The van der Waals surface area contributed by atoms with Crippen LogP contribution in [0.25, 0.3) is 5.57 Å². The Morgan fingerprint density at radius 1 is 0.835 bits per heavy atom. The number of alkyl halides is 8. The lowest BCUT2D eigenvalue weighted by atomic mass is 9.82. The van der Waals surface area contributed by atoms with Crippen LogP contribution in [0, 0.1) is 34.3 Å². The highest BCUT2D eigenvalue weighted by molar-refractivity contribution is 6.09. The number of alkyl carbamates (subject to hydrolysis) is 2. The third kappa shape index (κ3) is 16.4. The Labute approximate surface area is 447 Å². The zero-order chi connectivity index (χ0) is 58.6. The number of nitrogens with two attached hydrogens (primary N) is 1. The molecule has 2 aliphatic heterocycles. The topological polar surface area (TPSA) is 238 Å². The van der Waals surface area contributed by atoms with Gasteiger partial charge in [-0.1, -0.05) is 24.0 Å². The van der Waals surface area contributed by atoms with E-state index in [1.54, 1.807) is 17.7 Å². The minimum atomic E-state index is -5.24. The Bertz CT molecular complexity index is 2700. The summed E-state index contributed by atoms with van der Waals surface area (Å²) in [7, 11) is 1.58. The number of aromatic nitrogens is 2. The van der Waals surface area contributed by atoms with Crippen molar-refractivity contribution in [2.75, 3.05) is 65.1 Å². The lowest BCUT2D eigenvalue weighted by Gasteiger charge is -2.42. The van der Waals surface area contributed by atoms with Gasteiger partial charge in [0.15, 0.2) is 0 Å². The van der Waals surface area contributed by atoms with Crippen molar-refractivity contribution in [3.8, 4) is 11.8 Å². The van der Waals surface area contributed by atoms with Gasteiger partial charge in [-0.2, -0.15) is 35.1 Å². The number of ether oxygens (including phenoxy) is 3. The van der Waals surface area contributed by atoms with Gasteiger partial charge in [-0.3, -0.25) is 19.9 Å². The highest BCUT2D eigenvalue weighted by Crippen LogP contribution is 2.42. The number of nitrogens with zero attached hydrogens (tertiary/aromatic N) is 6. The van der Waals surface area contributed by atoms with Gasteiger partial charge in [-0.15, -0.1) is 0 Å². The Hall–Kier alpha value is -7.29. The van der Waals surface area contributed by atoms with Crippen LogP contribution < -0.4 is 32.0 Å². The van der Waals surface area contributed by atoms with Crippen LogP contribution in [-0.2, 0) is 36.8 Å². The molecule has 2 saturated heterocycles. The van der Waals surface area contributed by atoms with Gasteiger partial charge in [0.1, 0.15) is 23.7 Å². The molecule has 3 aromatic rings. The van der Waals surface area contributed by atoms with Gasteiger partial charge >= 0.3 is 31.1 Å². The van der Waals surface area contributed by atoms with E-state index in [1.807, 2.05) is 10.7 Å². The van der Waals surface area contributed by atoms with Crippen LogP contribution in [0.1, 0.15) is 55.5 Å². The number of benzene rings is 2. The molecule has 0 spiro atoms. The van der Waals surface area contributed by atoms with Crippen molar-refractivity contribution in [3.63, 3.8) is 0 Å². The molecule has 3 heterocycles. The summed E-state index contributed by atoms with van der Waals surface area (Å²) in [5.41, 5.74) is 0.610. The van der Waals surface area contributed by atoms with Gasteiger partial charge in [0.25, 0.3) is 5.91 Å². The maximum Gasteiger partial charge on any atom is 0.407 e. The van der Waals surface area contributed by atoms with E-state index in [4.69, 9.17) is 10.5 Å². The molecule has 4 amide bonds. The number of rotatable bonds is 20. The number of nitrogens with one attached hydrogen (secondary N) is 4. The van der Waals surface area contributed by atoms with E-state index in [9.17, 15) is 59.4 Å². The maximum absolute atomic E-state index is 16.0. The third-order valence-corrected chi connectivity index (χ3v) is 13.3. The van der Waals surface area contributed by atoms with E-state index >= 15 is 8.78 Å². The van der Waals surface area contributed by atoms with Crippen molar-refractivity contribution < 1.29 is 82.4 Å². The molecule has 19 nitrogen and oxygen atoms in total. The zero-order valence-electron chi connectivity index (χ0n) is 43.4. The van der Waals surface area contributed by atoms with E-state index in [1.165, 1.54) is 24.3 Å². The summed E-state index contributed by atoms with van der Waals surface area (Å²) in [6.07, 6.45) is -11.8. The van der Waals surface area contributed by atoms with Gasteiger partial charge in [0, 0.05) is 80.8 Å². The Kier molecular flexibility index (Phi) is 21.0. The van der Waals surface area contributed by atoms with E-state index < -0.39 is 126 Å². The lowest BCUT2D eigenvalue weighted by Crippen LogP contribution is -2.63. The van der Waals surface area contributed by atoms with Crippen molar-refractivity contribution in [1.82, 2.24) is 41.3 Å². The number of aliphatic imine (C=N–C) groups is 1. The number of hydrogen-bond acceptors (Lipinski definition) is 15. The quantitative estimate of drug-likeness (QED) is 0.0293. The van der Waals surface area contributed by atoms with Gasteiger partial charge < -0.3 is 45.9 Å². The smallest absolute Gasteiger partial charge is 0.407 e. The molecule has 0 aliphatic carbocycles. The van der Waals surface area contributed by atoms with Crippen molar-refractivity contribution >= 4 is 41.7 Å².